The van der Waals surface area contributed by atoms with Crippen molar-refractivity contribution in [2.75, 3.05) is 19.6 Å². The highest BCUT2D eigenvalue weighted by molar-refractivity contribution is 5.96. The van der Waals surface area contributed by atoms with Gasteiger partial charge in [-0.05, 0) is 36.2 Å². The molecular weight excluding hydrogens is 307 g/mol. The van der Waals surface area contributed by atoms with Crippen molar-refractivity contribution in [3.63, 3.8) is 0 Å². The minimum atomic E-state index is -0.259. The number of rotatable bonds is 4. The minimum Gasteiger partial charge on any atom is -0.343 e. The van der Waals surface area contributed by atoms with Gasteiger partial charge >= 0.3 is 0 Å². The molecule has 0 unspecified atom stereocenters. The van der Waals surface area contributed by atoms with Crippen LogP contribution in [0.1, 0.15) is 28.3 Å². The zero-order valence-electron chi connectivity index (χ0n) is 13.2. The Labute approximate surface area is 140 Å². The second-order valence-electron chi connectivity index (χ2n) is 5.93. The molecular formula is C19H19FN2O2. The Balaban J connectivity index is 1.52. The summed E-state index contributed by atoms with van der Waals surface area (Å²) in [6, 6.07) is 15.3. The molecule has 2 aromatic rings. The van der Waals surface area contributed by atoms with Gasteiger partial charge in [-0.15, -0.1) is 0 Å². The third-order valence-electron chi connectivity index (χ3n) is 4.30. The lowest BCUT2D eigenvalue weighted by Gasteiger charge is -2.17. The quantitative estimate of drug-likeness (QED) is 0.939. The smallest absolute Gasteiger partial charge is 0.251 e. The number of carbonyl (C=O) groups is 2. The maximum Gasteiger partial charge on any atom is 0.251 e. The molecule has 1 atom stereocenters. The normalized spacial score (nSPS) is 16.9. The SMILES string of the molecule is O=C(NCC(=O)N1CC[C@H](c2cccc(F)c2)C1)c1ccccc1. The van der Waals surface area contributed by atoms with Crippen LogP contribution in [0.3, 0.4) is 0 Å². The van der Waals surface area contributed by atoms with Crippen LogP contribution in [-0.2, 0) is 4.79 Å². The van der Waals surface area contributed by atoms with Crippen LogP contribution in [-0.4, -0.2) is 36.3 Å². The fraction of sp³-hybridized carbons (Fsp3) is 0.263. The molecule has 1 heterocycles. The first kappa shape index (κ1) is 16.2. The number of benzene rings is 2. The Kier molecular flexibility index (Phi) is 4.89. The molecule has 0 aromatic heterocycles. The van der Waals surface area contributed by atoms with Crippen LogP contribution < -0.4 is 5.32 Å². The molecule has 3 rings (SSSR count). The Morgan fingerprint density at radius 2 is 1.92 bits per heavy atom. The lowest BCUT2D eigenvalue weighted by molar-refractivity contribution is -0.129. The van der Waals surface area contributed by atoms with Crippen LogP contribution in [0.25, 0.3) is 0 Å². The van der Waals surface area contributed by atoms with Gasteiger partial charge < -0.3 is 10.2 Å². The van der Waals surface area contributed by atoms with E-state index < -0.39 is 0 Å². The van der Waals surface area contributed by atoms with E-state index in [0.29, 0.717) is 18.7 Å². The molecule has 1 saturated heterocycles. The molecule has 1 fully saturated rings. The van der Waals surface area contributed by atoms with Gasteiger partial charge in [-0.3, -0.25) is 9.59 Å². The van der Waals surface area contributed by atoms with Crippen LogP contribution in [0.2, 0.25) is 0 Å². The van der Waals surface area contributed by atoms with Crippen molar-refractivity contribution < 1.29 is 14.0 Å². The van der Waals surface area contributed by atoms with Gasteiger partial charge in [0, 0.05) is 24.6 Å². The number of nitrogens with zero attached hydrogens (tertiary/aromatic N) is 1. The summed E-state index contributed by atoms with van der Waals surface area (Å²) in [5.74, 6) is -0.482. The molecule has 1 aliphatic rings. The van der Waals surface area contributed by atoms with Gasteiger partial charge in [0.05, 0.1) is 6.54 Å². The van der Waals surface area contributed by atoms with E-state index in [1.165, 1.54) is 12.1 Å². The topological polar surface area (TPSA) is 49.4 Å². The first-order valence-electron chi connectivity index (χ1n) is 8.00. The molecule has 2 aromatic carbocycles. The molecule has 0 radical (unpaired) electrons. The summed E-state index contributed by atoms with van der Waals surface area (Å²) < 4.78 is 13.3. The largest absolute Gasteiger partial charge is 0.343 e. The van der Waals surface area contributed by atoms with Crippen LogP contribution in [0.5, 0.6) is 0 Å². The van der Waals surface area contributed by atoms with Gasteiger partial charge in [0.15, 0.2) is 0 Å². The van der Waals surface area contributed by atoms with Crippen molar-refractivity contribution in [3.05, 3.63) is 71.5 Å². The van der Waals surface area contributed by atoms with E-state index in [0.717, 1.165) is 12.0 Å². The van der Waals surface area contributed by atoms with Crippen molar-refractivity contribution in [2.24, 2.45) is 0 Å². The molecule has 2 amide bonds. The summed E-state index contributed by atoms with van der Waals surface area (Å²) in [7, 11) is 0. The third kappa shape index (κ3) is 3.79. The van der Waals surface area contributed by atoms with Crippen molar-refractivity contribution in [3.8, 4) is 0 Å². The van der Waals surface area contributed by atoms with E-state index in [4.69, 9.17) is 0 Å². The third-order valence-corrected chi connectivity index (χ3v) is 4.30. The number of nitrogens with one attached hydrogen (secondary N) is 1. The minimum absolute atomic E-state index is 0.0242. The van der Waals surface area contributed by atoms with E-state index in [9.17, 15) is 14.0 Å². The monoisotopic (exact) mass is 326 g/mol. The fourth-order valence-corrected chi connectivity index (χ4v) is 2.98. The summed E-state index contributed by atoms with van der Waals surface area (Å²) in [4.78, 5) is 25.9. The van der Waals surface area contributed by atoms with Gasteiger partial charge in [0.1, 0.15) is 5.82 Å². The first-order valence-corrected chi connectivity index (χ1v) is 8.00. The number of hydrogen-bond acceptors (Lipinski definition) is 2. The highest BCUT2D eigenvalue weighted by Gasteiger charge is 2.27. The molecule has 5 heteroatoms. The highest BCUT2D eigenvalue weighted by atomic mass is 19.1. The number of carbonyl (C=O) groups excluding carboxylic acids is 2. The molecule has 0 bridgehead atoms. The van der Waals surface area contributed by atoms with Crippen molar-refractivity contribution in [1.82, 2.24) is 10.2 Å². The summed E-state index contributed by atoms with van der Waals surface area (Å²) in [5, 5.41) is 2.65. The average molecular weight is 326 g/mol. The Bertz CT molecular complexity index is 733. The van der Waals surface area contributed by atoms with Gasteiger partial charge in [-0.25, -0.2) is 4.39 Å². The molecule has 0 saturated carbocycles. The summed E-state index contributed by atoms with van der Waals surface area (Å²) in [6.45, 7) is 1.16. The van der Waals surface area contributed by atoms with Gasteiger partial charge in [0.25, 0.3) is 5.91 Å². The highest BCUT2D eigenvalue weighted by Crippen LogP contribution is 2.27. The zero-order chi connectivity index (χ0) is 16.9. The fourth-order valence-electron chi connectivity index (χ4n) is 2.98. The molecule has 1 aliphatic heterocycles. The van der Waals surface area contributed by atoms with Crippen LogP contribution in [0, 0.1) is 5.82 Å². The van der Waals surface area contributed by atoms with E-state index in [1.807, 2.05) is 12.1 Å². The average Bonchev–Trinajstić information content (AvgIpc) is 3.10. The maximum absolute atomic E-state index is 13.3. The summed E-state index contributed by atoms with van der Waals surface area (Å²) in [6.07, 6.45) is 0.807. The number of hydrogen-bond donors (Lipinski definition) is 1. The molecule has 0 aliphatic carbocycles. The van der Waals surface area contributed by atoms with E-state index in [-0.39, 0.29) is 30.1 Å². The van der Waals surface area contributed by atoms with Gasteiger partial charge in [0.2, 0.25) is 5.91 Å². The summed E-state index contributed by atoms with van der Waals surface area (Å²) >= 11 is 0. The molecule has 4 nitrogen and oxygen atoms in total. The number of likely N-dealkylation sites (tertiary alicyclic amines) is 1. The van der Waals surface area contributed by atoms with Crippen molar-refractivity contribution in [1.29, 1.82) is 0 Å². The molecule has 24 heavy (non-hydrogen) atoms. The van der Waals surface area contributed by atoms with E-state index in [2.05, 4.69) is 5.32 Å². The lowest BCUT2D eigenvalue weighted by Crippen LogP contribution is -2.39. The summed E-state index contributed by atoms with van der Waals surface area (Å²) in [5.41, 5.74) is 1.45. The van der Waals surface area contributed by atoms with Crippen molar-refractivity contribution in [2.45, 2.75) is 12.3 Å². The molecule has 124 valence electrons. The number of halogens is 1. The second kappa shape index (κ2) is 7.25. The predicted molar refractivity (Wildman–Crippen MR) is 89.1 cm³/mol. The van der Waals surface area contributed by atoms with E-state index >= 15 is 0 Å². The standard InChI is InChI=1S/C19H19FN2O2/c20-17-8-4-7-15(11-17)16-9-10-22(13-16)18(23)12-21-19(24)14-5-2-1-3-6-14/h1-8,11,16H,9-10,12-13H2,(H,21,24)/t16-/m0/s1. The Hall–Kier alpha value is -2.69. The van der Waals surface area contributed by atoms with E-state index in [1.54, 1.807) is 35.2 Å². The Morgan fingerprint density at radius 3 is 2.67 bits per heavy atom. The van der Waals surface area contributed by atoms with Gasteiger partial charge in [-0.1, -0.05) is 30.3 Å². The molecule has 1 N–H and O–H groups in total. The molecule has 0 spiro atoms. The lowest BCUT2D eigenvalue weighted by atomic mass is 9.98. The van der Waals surface area contributed by atoms with Crippen LogP contribution in [0.15, 0.2) is 54.6 Å². The zero-order valence-corrected chi connectivity index (χ0v) is 13.2. The van der Waals surface area contributed by atoms with Crippen LogP contribution in [0.4, 0.5) is 4.39 Å². The predicted octanol–water partition coefficient (Wildman–Crippen LogP) is 2.57. The Morgan fingerprint density at radius 1 is 1.12 bits per heavy atom. The van der Waals surface area contributed by atoms with Gasteiger partial charge in [-0.2, -0.15) is 0 Å². The maximum atomic E-state index is 13.3. The number of amides is 2. The van der Waals surface area contributed by atoms with Crippen molar-refractivity contribution >= 4 is 11.8 Å². The first-order chi connectivity index (χ1) is 11.6. The second-order valence-corrected chi connectivity index (χ2v) is 5.93. The van der Waals surface area contributed by atoms with Crippen LogP contribution >= 0.6 is 0 Å².